The van der Waals surface area contributed by atoms with Crippen LogP contribution < -0.4 is 5.32 Å². The molecule has 3 aromatic rings. The summed E-state index contributed by atoms with van der Waals surface area (Å²) in [5.74, 6) is 0. The molecule has 0 saturated carbocycles. The van der Waals surface area contributed by atoms with E-state index in [9.17, 15) is 17.6 Å². The minimum Gasteiger partial charge on any atom is -0.380 e. The number of anilines is 1. The Hall–Kier alpha value is -2.65. The maximum atomic E-state index is 13.6. The van der Waals surface area contributed by atoms with Crippen molar-refractivity contribution in [2.45, 2.75) is 57.4 Å². The van der Waals surface area contributed by atoms with Crippen LogP contribution in [0.4, 0.5) is 23.2 Å². The zero-order valence-corrected chi connectivity index (χ0v) is 20.7. The number of nitrogens with zero attached hydrogens (tertiary/aromatic N) is 3. The molecular weight excluding hydrogens is 470 g/mol. The van der Waals surface area contributed by atoms with Crippen molar-refractivity contribution in [1.29, 1.82) is 0 Å². The Balaban J connectivity index is 1.43. The number of alkyl halides is 4. The molecule has 0 spiro atoms. The number of benzene rings is 1. The summed E-state index contributed by atoms with van der Waals surface area (Å²) in [6, 6.07) is 9.22. The molecule has 194 valence electrons. The van der Waals surface area contributed by atoms with Crippen LogP contribution in [-0.2, 0) is 6.42 Å². The van der Waals surface area contributed by atoms with Gasteiger partial charge in [-0.15, -0.1) is 0 Å². The van der Waals surface area contributed by atoms with Gasteiger partial charge in [0.15, 0.2) is 0 Å². The lowest BCUT2D eigenvalue weighted by molar-refractivity contribution is -0.155. The molecule has 2 aliphatic rings. The van der Waals surface area contributed by atoms with Gasteiger partial charge in [0, 0.05) is 48.3 Å². The second kappa shape index (κ2) is 10.0. The van der Waals surface area contributed by atoms with Crippen LogP contribution in [0.1, 0.15) is 48.3 Å². The van der Waals surface area contributed by atoms with E-state index < -0.39 is 18.8 Å². The van der Waals surface area contributed by atoms with Crippen LogP contribution in [0.3, 0.4) is 0 Å². The fourth-order valence-corrected chi connectivity index (χ4v) is 5.77. The van der Waals surface area contributed by atoms with E-state index in [2.05, 4.69) is 26.3 Å². The van der Waals surface area contributed by atoms with Crippen LogP contribution in [0.2, 0.25) is 0 Å². The number of fused-ring (bicyclic) bond motifs is 3. The van der Waals surface area contributed by atoms with E-state index in [0.717, 1.165) is 59.5 Å². The van der Waals surface area contributed by atoms with Crippen LogP contribution in [0, 0.1) is 6.92 Å². The van der Waals surface area contributed by atoms with Crippen molar-refractivity contribution < 1.29 is 17.6 Å². The van der Waals surface area contributed by atoms with E-state index in [-0.39, 0.29) is 18.8 Å². The van der Waals surface area contributed by atoms with E-state index >= 15 is 0 Å². The predicted molar refractivity (Wildman–Crippen MR) is 134 cm³/mol. The number of halogens is 4. The number of aryl methyl sites for hydroxylation is 1. The minimum absolute atomic E-state index is 0.247. The Morgan fingerprint density at radius 2 is 2.03 bits per heavy atom. The summed E-state index contributed by atoms with van der Waals surface area (Å²) in [6.45, 7) is 5.10. The molecule has 4 heterocycles. The van der Waals surface area contributed by atoms with E-state index in [1.807, 2.05) is 38.1 Å². The Morgan fingerprint density at radius 1 is 1.19 bits per heavy atom. The molecule has 5 nitrogen and oxygen atoms in total. The Morgan fingerprint density at radius 3 is 2.75 bits per heavy atom. The molecule has 1 aromatic carbocycles. The average Bonchev–Trinajstić information content (AvgIpc) is 3.41. The van der Waals surface area contributed by atoms with E-state index in [1.165, 1.54) is 4.90 Å². The van der Waals surface area contributed by atoms with Gasteiger partial charge in [0.05, 0.1) is 36.8 Å². The molecule has 5 rings (SSSR count). The van der Waals surface area contributed by atoms with Gasteiger partial charge >= 0.3 is 6.18 Å². The number of pyridine rings is 1. The molecular formula is C27H33F4N5. The van der Waals surface area contributed by atoms with Crippen LogP contribution in [0.25, 0.3) is 10.9 Å². The number of rotatable bonds is 7. The highest BCUT2D eigenvalue weighted by Crippen LogP contribution is 2.41. The van der Waals surface area contributed by atoms with Crippen molar-refractivity contribution in [1.82, 2.24) is 19.8 Å². The Kier molecular flexibility index (Phi) is 6.96. The van der Waals surface area contributed by atoms with Crippen molar-refractivity contribution in [3.05, 3.63) is 59.0 Å². The van der Waals surface area contributed by atoms with Crippen molar-refractivity contribution in [2.24, 2.45) is 0 Å². The van der Waals surface area contributed by atoms with Gasteiger partial charge in [-0.2, -0.15) is 13.2 Å². The van der Waals surface area contributed by atoms with Crippen molar-refractivity contribution in [3.63, 3.8) is 0 Å². The molecule has 1 fully saturated rings. The predicted octanol–water partition coefficient (Wildman–Crippen LogP) is 5.62. The largest absolute Gasteiger partial charge is 0.401 e. The zero-order valence-electron chi connectivity index (χ0n) is 20.7. The van der Waals surface area contributed by atoms with Gasteiger partial charge in [-0.1, -0.05) is 12.1 Å². The van der Waals surface area contributed by atoms with Crippen molar-refractivity contribution >= 4 is 16.6 Å². The summed E-state index contributed by atoms with van der Waals surface area (Å²) >= 11 is 0. The van der Waals surface area contributed by atoms with Gasteiger partial charge < -0.3 is 15.2 Å². The van der Waals surface area contributed by atoms with Crippen LogP contribution in [0.5, 0.6) is 0 Å². The maximum Gasteiger partial charge on any atom is 0.401 e. The summed E-state index contributed by atoms with van der Waals surface area (Å²) < 4.78 is 53.4. The van der Waals surface area contributed by atoms with Gasteiger partial charge in [-0.05, 0) is 62.4 Å². The molecule has 0 bridgehead atoms. The van der Waals surface area contributed by atoms with Crippen LogP contribution in [0.15, 0.2) is 36.5 Å². The van der Waals surface area contributed by atoms with Gasteiger partial charge in [-0.25, -0.2) is 0 Å². The van der Waals surface area contributed by atoms with E-state index in [4.69, 9.17) is 0 Å². The monoisotopic (exact) mass is 503 g/mol. The molecule has 0 unspecified atom stereocenters. The molecule has 0 amide bonds. The molecule has 0 radical (unpaired) electrons. The standard InChI is InChI=1S/C27H33F4N5/c1-17-4-6-21-22-13-18(2)36(16-27(29,30)31)26(25(22)34-24(21)12-17)23-7-5-19(14-32-23)33-20-8-11-35(15-20)10-3-9-28/h4-7,12,14,18,20,26,33-34H,3,8-11,13,15-16H2,1-2H3/t18-,20+,26-/m1/s1. The number of H-pyrrole nitrogens is 1. The van der Waals surface area contributed by atoms with Crippen LogP contribution in [-0.4, -0.2) is 70.9 Å². The molecule has 0 aliphatic carbocycles. The lowest BCUT2D eigenvalue weighted by Gasteiger charge is -2.40. The normalized spacial score (nSPS) is 23.3. The molecule has 3 atom stereocenters. The number of hydrogen-bond acceptors (Lipinski definition) is 4. The lowest BCUT2D eigenvalue weighted by atomic mass is 9.90. The highest BCUT2D eigenvalue weighted by Gasteiger charge is 2.42. The first-order valence-corrected chi connectivity index (χ1v) is 12.7. The van der Waals surface area contributed by atoms with Gasteiger partial charge in [0.2, 0.25) is 0 Å². The Bertz CT molecular complexity index is 1190. The summed E-state index contributed by atoms with van der Waals surface area (Å²) in [5.41, 5.74) is 5.35. The van der Waals surface area contributed by atoms with E-state index in [1.54, 1.807) is 6.20 Å². The summed E-state index contributed by atoms with van der Waals surface area (Å²) in [5, 5.41) is 4.55. The summed E-state index contributed by atoms with van der Waals surface area (Å²) in [7, 11) is 0. The minimum atomic E-state index is -4.31. The molecule has 2 N–H and O–H groups in total. The fraction of sp³-hybridized carbons (Fsp3) is 0.519. The maximum absolute atomic E-state index is 13.6. The van der Waals surface area contributed by atoms with Gasteiger partial charge in [0.25, 0.3) is 0 Å². The lowest BCUT2D eigenvalue weighted by Crippen LogP contribution is -2.47. The number of nitrogens with one attached hydrogen (secondary N) is 2. The zero-order chi connectivity index (χ0) is 25.4. The molecule has 2 aliphatic heterocycles. The van der Waals surface area contributed by atoms with Crippen molar-refractivity contribution in [3.8, 4) is 0 Å². The number of hydrogen-bond donors (Lipinski definition) is 2. The van der Waals surface area contributed by atoms with Gasteiger partial charge in [0.1, 0.15) is 0 Å². The molecule has 2 aromatic heterocycles. The number of aromatic nitrogens is 2. The summed E-state index contributed by atoms with van der Waals surface area (Å²) in [6.07, 6.45) is -0.537. The van der Waals surface area contributed by atoms with Crippen molar-refractivity contribution in [2.75, 3.05) is 38.2 Å². The summed E-state index contributed by atoms with van der Waals surface area (Å²) in [4.78, 5) is 11.9. The topological polar surface area (TPSA) is 47.2 Å². The Labute approximate surface area is 208 Å². The average molecular weight is 504 g/mol. The first-order chi connectivity index (χ1) is 17.2. The second-order valence-corrected chi connectivity index (χ2v) is 10.3. The number of likely N-dealkylation sites (tertiary alicyclic amines) is 1. The highest BCUT2D eigenvalue weighted by molar-refractivity contribution is 5.86. The molecule has 9 heteroatoms. The van der Waals surface area contributed by atoms with Gasteiger partial charge in [-0.3, -0.25) is 14.3 Å². The number of aromatic amines is 1. The second-order valence-electron chi connectivity index (χ2n) is 10.3. The fourth-order valence-electron chi connectivity index (χ4n) is 5.77. The third kappa shape index (κ3) is 5.22. The first kappa shape index (κ1) is 25.0. The SMILES string of the molecule is Cc1ccc2c3c([nH]c2c1)[C@@H](c1ccc(N[C@H]2CCN(CCCF)C2)cn1)N(CC(F)(F)F)[C@H](C)C3. The highest BCUT2D eigenvalue weighted by atomic mass is 19.4. The molecule has 36 heavy (non-hydrogen) atoms. The quantitative estimate of drug-likeness (QED) is 0.411. The third-order valence-electron chi connectivity index (χ3n) is 7.44. The van der Waals surface area contributed by atoms with E-state index in [0.29, 0.717) is 18.5 Å². The third-order valence-corrected chi connectivity index (χ3v) is 7.44. The van der Waals surface area contributed by atoms with Crippen LogP contribution >= 0.6 is 0 Å². The molecule has 1 saturated heterocycles. The first-order valence-electron chi connectivity index (χ1n) is 12.7. The smallest absolute Gasteiger partial charge is 0.380 e.